The highest BCUT2D eigenvalue weighted by atomic mass is 16.1. The molecule has 0 aliphatic heterocycles. The minimum Gasteiger partial charge on any atom is -0.298 e. The van der Waals surface area contributed by atoms with Crippen LogP contribution in [0.4, 0.5) is 0 Å². The zero-order valence-corrected chi connectivity index (χ0v) is 9.76. The summed E-state index contributed by atoms with van der Waals surface area (Å²) in [5.41, 5.74) is 4.24. The molecule has 0 heterocycles. The molecule has 0 aliphatic rings. The van der Waals surface area contributed by atoms with Crippen LogP contribution in [-0.4, -0.2) is 6.29 Å². The molecule has 0 amide bonds. The van der Waals surface area contributed by atoms with Gasteiger partial charge in [0.15, 0.2) is 0 Å². The molecule has 2 aromatic carbocycles. The number of aryl methyl sites for hydroxylation is 1. The lowest BCUT2D eigenvalue weighted by Crippen LogP contribution is -1.79. The number of rotatable bonds is 3. The monoisotopic (exact) mass is 222 g/mol. The van der Waals surface area contributed by atoms with Gasteiger partial charge in [0.05, 0.1) is 0 Å². The standard InChI is InChI=1S/C16H14O/c1-13-2-4-14(5-3-13)6-7-15-8-10-16(12-17)11-9-15/h2-12H,1H3/b7-6+. The number of benzene rings is 2. The Labute approximate surface area is 101 Å². The number of hydrogen-bond acceptors (Lipinski definition) is 1. The van der Waals surface area contributed by atoms with Gasteiger partial charge in [0.25, 0.3) is 0 Å². The topological polar surface area (TPSA) is 17.1 Å². The van der Waals surface area contributed by atoms with E-state index in [1.54, 1.807) is 0 Å². The van der Waals surface area contributed by atoms with Crippen molar-refractivity contribution in [2.45, 2.75) is 6.92 Å². The Kier molecular flexibility index (Phi) is 3.51. The molecule has 84 valence electrons. The van der Waals surface area contributed by atoms with Crippen molar-refractivity contribution >= 4 is 18.4 Å². The summed E-state index contributed by atoms with van der Waals surface area (Å²) in [5, 5.41) is 0. The van der Waals surface area contributed by atoms with Crippen molar-refractivity contribution in [1.82, 2.24) is 0 Å². The molecular weight excluding hydrogens is 208 g/mol. The molecule has 1 heteroatoms. The summed E-state index contributed by atoms with van der Waals surface area (Å²) in [5.74, 6) is 0. The van der Waals surface area contributed by atoms with Crippen LogP contribution in [0.2, 0.25) is 0 Å². The lowest BCUT2D eigenvalue weighted by atomic mass is 10.1. The minimum atomic E-state index is 0.706. The molecule has 2 aromatic rings. The van der Waals surface area contributed by atoms with E-state index in [0.717, 1.165) is 11.8 Å². The van der Waals surface area contributed by atoms with E-state index in [4.69, 9.17) is 0 Å². The van der Waals surface area contributed by atoms with Gasteiger partial charge < -0.3 is 0 Å². The van der Waals surface area contributed by atoms with Crippen molar-refractivity contribution in [3.05, 3.63) is 70.8 Å². The van der Waals surface area contributed by atoms with Crippen molar-refractivity contribution in [1.29, 1.82) is 0 Å². The van der Waals surface area contributed by atoms with E-state index in [1.165, 1.54) is 11.1 Å². The minimum absolute atomic E-state index is 0.706. The van der Waals surface area contributed by atoms with Gasteiger partial charge in [-0.1, -0.05) is 66.2 Å². The average molecular weight is 222 g/mol. The van der Waals surface area contributed by atoms with Crippen molar-refractivity contribution < 1.29 is 4.79 Å². The summed E-state index contributed by atoms with van der Waals surface area (Å²) in [4.78, 5) is 10.5. The summed E-state index contributed by atoms with van der Waals surface area (Å²) >= 11 is 0. The van der Waals surface area contributed by atoms with Crippen LogP contribution in [0.25, 0.3) is 12.2 Å². The van der Waals surface area contributed by atoms with Crippen LogP contribution in [0.3, 0.4) is 0 Å². The van der Waals surface area contributed by atoms with Gasteiger partial charge in [0, 0.05) is 5.56 Å². The highest BCUT2D eigenvalue weighted by Gasteiger charge is 1.90. The molecule has 0 fully saturated rings. The van der Waals surface area contributed by atoms with Crippen LogP contribution < -0.4 is 0 Å². The highest BCUT2D eigenvalue weighted by molar-refractivity contribution is 5.76. The second-order valence-corrected chi connectivity index (χ2v) is 4.03. The van der Waals surface area contributed by atoms with E-state index in [0.29, 0.717) is 5.56 Å². The summed E-state index contributed by atoms with van der Waals surface area (Å²) in [6.07, 6.45) is 4.96. The third-order valence-electron chi connectivity index (χ3n) is 2.62. The van der Waals surface area contributed by atoms with E-state index in [1.807, 2.05) is 30.3 Å². The normalized spacial score (nSPS) is 10.6. The lowest BCUT2D eigenvalue weighted by Gasteiger charge is -1.96. The number of aldehydes is 1. The van der Waals surface area contributed by atoms with E-state index >= 15 is 0 Å². The molecule has 0 saturated heterocycles. The molecule has 2 rings (SSSR count). The first-order chi connectivity index (χ1) is 8.28. The van der Waals surface area contributed by atoms with Gasteiger partial charge in [-0.05, 0) is 18.1 Å². The quantitative estimate of drug-likeness (QED) is 0.567. The average Bonchev–Trinajstić information content (AvgIpc) is 2.39. The lowest BCUT2D eigenvalue weighted by molar-refractivity contribution is 0.112. The summed E-state index contributed by atoms with van der Waals surface area (Å²) < 4.78 is 0. The maximum atomic E-state index is 10.5. The fourth-order valence-electron chi connectivity index (χ4n) is 1.56. The first kappa shape index (κ1) is 11.3. The molecule has 17 heavy (non-hydrogen) atoms. The van der Waals surface area contributed by atoms with E-state index in [-0.39, 0.29) is 0 Å². The Morgan fingerprint density at radius 3 is 1.59 bits per heavy atom. The van der Waals surface area contributed by atoms with Crippen molar-refractivity contribution in [3.63, 3.8) is 0 Å². The van der Waals surface area contributed by atoms with Crippen LogP contribution in [0, 0.1) is 6.92 Å². The maximum Gasteiger partial charge on any atom is 0.150 e. The second kappa shape index (κ2) is 5.26. The van der Waals surface area contributed by atoms with E-state index in [2.05, 4.69) is 37.3 Å². The fraction of sp³-hybridized carbons (Fsp3) is 0.0625. The fourth-order valence-corrected chi connectivity index (χ4v) is 1.56. The molecule has 0 N–H and O–H groups in total. The van der Waals surface area contributed by atoms with Crippen molar-refractivity contribution in [2.75, 3.05) is 0 Å². The molecule has 0 saturated carbocycles. The first-order valence-electron chi connectivity index (χ1n) is 5.58. The summed E-state index contributed by atoms with van der Waals surface area (Å²) in [7, 11) is 0. The van der Waals surface area contributed by atoms with Crippen LogP contribution in [-0.2, 0) is 0 Å². The number of hydrogen-bond donors (Lipinski definition) is 0. The predicted molar refractivity (Wildman–Crippen MR) is 71.9 cm³/mol. The Morgan fingerprint density at radius 2 is 1.12 bits per heavy atom. The summed E-state index contributed by atoms with van der Waals surface area (Å²) in [6, 6.07) is 15.9. The van der Waals surface area contributed by atoms with Crippen molar-refractivity contribution in [2.24, 2.45) is 0 Å². The predicted octanol–water partition coefficient (Wildman–Crippen LogP) is 3.98. The smallest absolute Gasteiger partial charge is 0.150 e. The van der Waals surface area contributed by atoms with E-state index < -0.39 is 0 Å². The molecule has 0 aromatic heterocycles. The van der Waals surface area contributed by atoms with E-state index in [9.17, 15) is 4.79 Å². The maximum absolute atomic E-state index is 10.5. The van der Waals surface area contributed by atoms with Gasteiger partial charge >= 0.3 is 0 Å². The van der Waals surface area contributed by atoms with Crippen LogP contribution in [0.1, 0.15) is 27.0 Å². The zero-order chi connectivity index (χ0) is 12.1. The third-order valence-corrected chi connectivity index (χ3v) is 2.62. The van der Waals surface area contributed by atoms with Gasteiger partial charge in [-0.25, -0.2) is 0 Å². The van der Waals surface area contributed by atoms with Gasteiger partial charge in [-0.2, -0.15) is 0 Å². The SMILES string of the molecule is Cc1ccc(/C=C/c2ccc(C=O)cc2)cc1. The molecule has 0 atom stereocenters. The molecular formula is C16H14O. The first-order valence-corrected chi connectivity index (χ1v) is 5.58. The van der Waals surface area contributed by atoms with Gasteiger partial charge in [0.2, 0.25) is 0 Å². The number of carbonyl (C=O) groups excluding carboxylic acids is 1. The van der Waals surface area contributed by atoms with Gasteiger partial charge in [0.1, 0.15) is 6.29 Å². The molecule has 0 bridgehead atoms. The molecule has 0 radical (unpaired) electrons. The zero-order valence-electron chi connectivity index (χ0n) is 9.76. The van der Waals surface area contributed by atoms with Crippen LogP contribution in [0.15, 0.2) is 48.5 Å². The Balaban J connectivity index is 2.14. The highest BCUT2D eigenvalue weighted by Crippen LogP contribution is 2.10. The molecule has 0 spiro atoms. The molecule has 1 nitrogen and oxygen atoms in total. The van der Waals surface area contributed by atoms with Crippen LogP contribution in [0.5, 0.6) is 0 Å². The largest absolute Gasteiger partial charge is 0.298 e. The number of carbonyl (C=O) groups is 1. The van der Waals surface area contributed by atoms with Gasteiger partial charge in [-0.15, -0.1) is 0 Å². The second-order valence-electron chi connectivity index (χ2n) is 4.03. The Morgan fingerprint density at radius 1 is 0.706 bits per heavy atom. The van der Waals surface area contributed by atoms with Gasteiger partial charge in [-0.3, -0.25) is 4.79 Å². The Bertz CT molecular complexity index is 518. The summed E-state index contributed by atoms with van der Waals surface area (Å²) in [6.45, 7) is 2.08. The third kappa shape index (κ3) is 3.15. The Hall–Kier alpha value is -2.15. The molecule has 0 unspecified atom stereocenters. The van der Waals surface area contributed by atoms with Crippen LogP contribution >= 0.6 is 0 Å². The van der Waals surface area contributed by atoms with Crippen molar-refractivity contribution in [3.8, 4) is 0 Å². The molecule has 0 aliphatic carbocycles.